The van der Waals surface area contributed by atoms with Crippen molar-refractivity contribution in [3.05, 3.63) is 39.8 Å². The fraction of sp³-hybridized carbons (Fsp3) is 0.654. The molecule has 0 spiro atoms. The molecule has 2 amide bonds. The number of nitrogens with one attached hydrogen (secondary N) is 1. The maximum absolute atomic E-state index is 13.7. The van der Waals surface area contributed by atoms with Gasteiger partial charge in [0.2, 0.25) is 11.8 Å². The molecule has 2 saturated carbocycles. The highest BCUT2D eigenvalue weighted by atomic mass is 16.3. The highest BCUT2D eigenvalue weighted by molar-refractivity contribution is 5.90. The standard InChI is InChI=1S/C26H33N3O4/c30-14-20-19-13-28-21(12-11-18(26(28)33)15-5-1-2-6-15)22(19)29(25(32)16-7-3-8-16)23(20)24(31)27-17-9-4-10-17/h5,11-12,16-17,19-20,22-23,30H,1-4,6-10,13-14H2,(H,27,31)/t19-,20-,22+,23-/m0/s1. The highest BCUT2D eigenvalue weighted by Crippen LogP contribution is 2.51. The highest BCUT2D eigenvalue weighted by Gasteiger charge is 2.58. The van der Waals surface area contributed by atoms with Crippen LogP contribution in [-0.2, 0) is 16.1 Å². The number of hydrogen-bond acceptors (Lipinski definition) is 4. The van der Waals surface area contributed by atoms with Gasteiger partial charge in [-0.2, -0.15) is 0 Å². The van der Waals surface area contributed by atoms with Gasteiger partial charge in [0.15, 0.2) is 0 Å². The first kappa shape index (κ1) is 21.1. The molecule has 3 fully saturated rings. The van der Waals surface area contributed by atoms with Crippen molar-refractivity contribution in [1.29, 1.82) is 0 Å². The Hall–Kier alpha value is -2.41. The van der Waals surface area contributed by atoms with Crippen molar-refractivity contribution in [3.63, 3.8) is 0 Å². The third kappa shape index (κ3) is 3.22. The molecule has 0 bridgehead atoms. The Morgan fingerprint density at radius 3 is 2.48 bits per heavy atom. The van der Waals surface area contributed by atoms with Crippen LogP contribution in [0.2, 0.25) is 0 Å². The number of nitrogens with zero attached hydrogens (tertiary/aromatic N) is 2. The predicted molar refractivity (Wildman–Crippen MR) is 123 cm³/mol. The summed E-state index contributed by atoms with van der Waals surface area (Å²) >= 11 is 0. The van der Waals surface area contributed by atoms with E-state index in [1.807, 2.05) is 16.7 Å². The average Bonchev–Trinajstić information content (AvgIpc) is 3.44. The van der Waals surface area contributed by atoms with Crippen LogP contribution in [0.15, 0.2) is 23.0 Å². The quantitative estimate of drug-likeness (QED) is 0.719. The van der Waals surface area contributed by atoms with Crippen molar-refractivity contribution in [1.82, 2.24) is 14.8 Å². The summed E-state index contributed by atoms with van der Waals surface area (Å²) in [4.78, 5) is 42.3. The van der Waals surface area contributed by atoms with E-state index in [1.54, 1.807) is 4.90 Å². The molecule has 7 heteroatoms. The van der Waals surface area contributed by atoms with Crippen LogP contribution in [-0.4, -0.2) is 45.1 Å². The lowest BCUT2D eigenvalue weighted by Crippen LogP contribution is -2.55. The Kier molecular flexibility index (Phi) is 5.20. The second kappa shape index (κ2) is 8.12. The monoisotopic (exact) mass is 451 g/mol. The summed E-state index contributed by atoms with van der Waals surface area (Å²) in [5, 5.41) is 13.5. The number of carbonyl (C=O) groups is 2. The third-order valence-corrected chi connectivity index (χ3v) is 8.89. The number of aliphatic hydroxyl groups excluding tert-OH is 1. The van der Waals surface area contributed by atoms with E-state index < -0.39 is 6.04 Å². The zero-order valence-corrected chi connectivity index (χ0v) is 19.0. The lowest BCUT2D eigenvalue weighted by molar-refractivity contribution is -0.147. The lowest BCUT2D eigenvalue weighted by atomic mass is 9.83. The number of fused-ring (bicyclic) bond motifs is 3. The maximum atomic E-state index is 13.7. The Balaban J connectivity index is 1.39. The lowest BCUT2D eigenvalue weighted by Gasteiger charge is -2.37. The number of pyridine rings is 1. The van der Waals surface area contributed by atoms with Gasteiger partial charge < -0.3 is 19.9 Å². The van der Waals surface area contributed by atoms with Crippen LogP contribution >= 0.6 is 0 Å². The average molecular weight is 452 g/mol. The van der Waals surface area contributed by atoms with E-state index >= 15 is 0 Å². The zero-order chi connectivity index (χ0) is 22.7. The van der Waals surface area contributed by atoms with E-state index in [0.717, 1.165) is 74.6 Å². The van der Waals surface area contributed by atoms with Crippen molar-refractivity contribution >= 4 is 17.4 Å². The topological polar surface area (TPSA) is 91.6 Å². The van der Waals surface area contributed by atoms with Gasteiger partial charge in [0.1, 0.15) is 6.04 Å². The largest absolute Gasteiger partial charge is 0.396 e. The number of amides is 2. The summed E-state index contributed by atoms with van der Waals surface area (Å²) in [7, 11) is 0. The minimum atomic E-state index is -0.667. The summed E-state index contributed by atoms with van der Waals surface area (Å²) in [6, 6.07) is 3.08. The van der Waals surface area contributed by atoms with Crippen LogP contribution in [0.25, 0.3) is 5.57 Å². The molecule has 1 saturated heterocycles. The summed E-state index contributed by atoms with van der Waals surface area (Å²) < 4.78 is 1.81. The molecule has 6 rings (SSSR count). The van der Waals surface area contributed by atoms with Gasteiger partial charge >= 0.3 is 0 Å². The summed E-state index contributed by atoms with van der Waals surface area (Å²) in [5.41, 5.74) is 2.69. The van der Waals surface area contributed by atoms with Crippen LogP contribution in [0.4, 0.5) is 0 Å². The molecule has 176 valence electrons. The predicted octanol–water partition coefficient (Wildman–Crippen LogP) is 2.37. The zero-order valence-electron chi connectivity index (χ0n) is 19.0. The van der Waals surface area contributed by atoms with Crippen LogP contribution in [0.1, 0.15) is 75.1 Å². The van der Waals surface area contributed by atoms with Crippen molar-refractivity contribution < 1.29 is 14.7 Å². The normalized spacial score (nSPS) is 30.9. The minimum absolute atomic E-state index is 0.00162. The molecular weight excluding hydrogens is 418 g/mol. The molecule has 1 aromatic rings. The summed E-state index contributed by atoms with van der Waals surface area (Å²) in [6.07, 6.45) is 11.0. The van der Waals surface area contributed by atoms with Gasteiger partial charge in [0, 0.05) is 48.2 Å². The van der Waals surface area contributed by atoms with Gasteiger partial charge in [-0.3, -0.25) is 14.4 Å². The molecule has 3 aliphatic carbocycles. The fourth-order valence-electron chi connectivity index (χ4n) is 6.60. The van der Waals surface area contributed by atoms with E-state index in [9.17, 15) is 19.5 Å². The van der Waals surface area contributed by atoms with Crippen LogP contribution < -0.4 is 10.9 Å². The number of hydrogen-bond donors (Lipinski definition) is 2. The minimum Gasteiger partial charge on any atom is -0.396 e. The molecule has 2 aliphatic heterocycles. The number of carbonyl (C=O) groups excluding carboxylic acids is 2. The number of rotatable bonds is 5. The SMILES string of the molecule is O=C(NC1CCC1)[C@@H]1[C@@H](CO)[C@@H]2Cn3c(ccc(C4=CCCC4)c3=O)[C@@H]2N1C(=O)C1CCC1. The maximum Gasteiger partial charge on any atom is 0.258 e. The van der Waals surface area contributed by atoms with Crippen LogP contribution in [0.3, 0.4) is 0 Å². The number of aliphatic hydroxyl groups is 1. The molecule has 0 aromatic carbocycles. The first-order chi connectivity index (χ1) is 16.1. The molecule has 0 unspecified atom stereocenters. The van der Waals surface area contributed by atoms with Crippen molar-refractivity contribution in [2.75, 3.05) is 6.61 Å². The Bertz CT molecular complexity index is 1070. The molecule has 7 nitrogen and oxygen atoms in total. The number of aromatic nitrogens is 1. The first-order valence-corrected chi connectivity index (χ1v) is 12.7. The second-order valence-corrected chi connectivity index (χ2v) is 10.6. The third-order valence-electron chi connectivity index (χ3n) is 8.89. The van der Waals surface area contributed by atoms with Crippen LogP contribution in [0, 0.1) is 17.8 Å². The molecule has 0 radical (unpaired) electrons. The second-order valence-electron chi connectivity index (χ2n) is 10.6. The van der Waals surface area contributed by atoms with Gasteiger partial charge in [-0.15, -0.1) is 0 Å². The molecule has 4 atom stereocenters. The van der Waals surface area contributed by atoms with E-state index in [2.05, 4.69) is 11.4 Å². The fourth-order valence-corrected chi connectivity index (χ4v) is 6.60. The summed E-state index contributed by atoms with van der Waals surface area (Å²) in [6.45, 7) is 0.284. The molecule has 3 heterocycles. The van der Waals surface area contributed by atoms with Crippen molar-refractivity contribution in [2.45, 2.75) is 82.5 Å². The molecule has 33 heavy (non-hydrogen) atoms. The molecule has 1 aromatic heterocycles. The molecule has 5 aliphatic rings. The van der Waals surface area contributed by atoms with Gasteiger partial charge in [0.25, 0.3) is 5.56 Å². The molecular formula is C26H33N3O4. The summed E-state index contributed by atoms with van der Waals surface area (Å²) in [5.74, 6) is -0.665. The first-order valence-electron chi connectivity index (χ1n) is 12.7. The Labute approximate surface area is 193 Å². The smallest absolute Gasteiger partial charge is 0.258 e. The van der Waals surface area contributed by atoms with E-state index in [4.69, 9.17) is 0 Å². The van der Waals surface area contributed by atoms with Crippen LogP contribution in [0.5, 0.6) is 0 Å². The van der Waals surface area contributed by atoms with Gasteiger partial charge in [-0.25, -0.2) is 0 Å². The Morgan fingerprint density at radius 1 is 1.09 bits per heavy atom. The van der Waals surface area contributed by atoms with Gasteiger partial charge in [-0.1, -0.05) is 12.5 Å². The van der Waals surface area contributed by atoms with Crippen molar-refractivity contribution in [2.24, 2.45) is 17.8 Å². The molecule has 2 N–H and O–H groups in total. The van der Waals surface area contributed by atoms with E-state index in [-0.39, 0.29) is 53.8 Å². The van der Waals surface area contributed by atoms with Gasteiger partial charge in [0.05, 0.1) is 6.04 Å². The van der Waals surface area contributed by atoms with E-state index in [0.29, 0.717) is 6.54 Å². The van der Waals surface area contributed by atoms with E-state index in [1.165, 1.54) is 0 Å². The number of allylic oxidation sites excluding steroid dienone is 2. The Morgan fingerprint density at radius 2 is 1.88 bits per heavy atom. The van der Waals surface area contributed by atoms with Gasteiger partial charge in [-0.05, 0) is 69.1 Å². The number of likely N-dealkylation sites (tertiary alicyclic amines) is 1. The van der Waals surface area contributed by atoms with Crippen molar-refractivity contribution in [3.8, 4) is 0 Å².